The zero-order chi connectivity index (χ0) is 14.7. The van der Waals surface area contributed by atoms with Crippen molar-refractivity contribution >= 4 is 33.5 Å². The second kappa shape index (κ2) is 6.64. The zero-order valence-corrected chi connectivity index (χ0v) is 14.3. The van der Waals surface area contributed by atoms with E-state index in [0.29, 0.717) is 5.75 Å². The standard InChI is InChI=1S/C16H18BrNOS/c1-4-18-11(2)8-15(12(18)3)16(19)10-20-14-7-5-6-13(17)9-14/h5-9H,4,10H2,1-3H3. The zero-order valence-electron chi connectivity index (χ0n) is 11.9. The third-order valence-corrected chi connectivity index (χ3v) is 4.84. The van der Waals surface area contributed by atoms with E-state index in [4.69, 9.17) is 0 Å². The number of carbonyl (C=O) groups is 1. The highest BCUT2D eigenvalue weighted by molar-refractivity contribution is 9.10. The molecule has 0 spiro atoms. The summed E-state index contributed by atoms with van der Waals surface area (Å²) in [6, 6.07) is 10.0. The molecule has 106 valence electrons. The highest BCUT2D eigenvalue weighted by atomic mass is 79.9. The Bertz CT molecular complexity index is 633. The van der Waals surface area contributed by atoms with Crippen molar-refractivity contribution in [2.75, 3.05) is 5.75 Å². The fourth-order valence-electron chi connectivity index (χ4n) is 2.35. The normalized spacial score (nSPS) is 10.8. The van der Waals surface area contributed by atoms with E-state index in [9.17, 15) is 4.79 Å². The van der Waals surface area contributed by atoms with Crippen molar-refractivity contribution in [2.45, 2.75) is 32.2 Å². The molecule has 0 N–H and O–H groups in total. The van der Waals surface area contributed by atoms with Crippen molar-refractivity contribution in [1.29, 1.82) is 0 Å². The van der Waals surface area contributed by atoms with Gasteiger partial charge in [0.2, 0.25) is 0 Å². The van der Waals surface area contributed by atoms with Crippen molar-refractivity contribution < 1.29 is 4.79 Å². The van der Waals surface area contributed by atoms with E-state index in [1.807, 2.05) is 37.3 Å². The van der Waals surface area contributed by atoms with Gasteiger partial charge in [0.15, 0.2) is 5.78 Å². The number of carbonyl (C=O) groups excluding carboxylic acids is 1. The molecule has 0 bridgehead atoms. The number of aryl methyl sites for hydroxylation is 1. The molecule has 1 aromatic carbocycles. The number of halogens is 1. The molecule has 2 rings (SSSR count). The fourth-order valence-corrected chi connectivity index (χ4v) is 3.74. The fraction of sp³-hybridized carbons (Fsp3) is 0.312. The predicted octanol–water partition coefficient (Wildman–Crippen LogP) is 4.86. The lowest BCUT2D eigenvalue weighted by Crippen LogP contribution is -2.05. The minimum Gasteiger partial charge on any atom is -0.349 e. The number of benzene rings is 1. The van der Waals surface area contributed by atoms with Gasteiger partial charge in [-0.15, -0.1) is 11.8 Å². The van der Waals surface area contributed by atoms with E-state index in [0.717, 1.165) is 32.9 Å². The lowest BCUT2D eigenvalue weighted by Gasteiger charge is -2.06. The molecule has 2 aromatic rings. The molecular weight excluding hydrogens is 334 g/mol. The van der Waals surface area contributed by atoms with Crippen LogP contribution in [0.4, 0.5) is 0 Å². The van der Waals surface area contributed by atoms with Gasteiger partial charge in [-0.25, -0.2) is 0 Å². The molecular formula is C16H18BrNOS. The van der Waals surface area contributed by atoms with E-state index in [2.05, 4.69) is 34.3 Å². The highest BCUT2D eigenvalue weighted by Gasteiger charge is 2.15. The molecule has 1 aromatic heterocycles. The van der Waals surface area contributed by atoms with Gasteiger partial charge >= 0.3 is 0 Å². The maximum atomic E-state index is 12.4. The van der Waals surface area contributed by atoms with Gasteiger partial charge in [0.05, 0.1) is 5.75 Å². The lowest BCUT2D eigenvalue weighted by molar-refractivity contribution is 0.102. The average Bonchev–Trinajstić information content (AvgIpc) is 2.71. The van der Waals surface area contributed by atoms with Crippen LogP contribution in [0.1, 0.15) is 28.7 Å². The first-order chi connectivity index (χ1) is 9.52. The Morgan fingerprint density at radius 3 is 2.65 bits per heavy atom. The first-order valence-electron chi connectivity index (χ1n) is 6.61. The van der Waals surface area contributed by atoms with Crippen LogP contribution < -0.4 is 0 Å². The van der Waals surface area contributed by atoms with Gasteiger partial charge in [0, 0.05) is 32.9 Å². The van der Waals surface area contributed by atoms with Gasteiger partial charge in [-0.05, 0) is 45.0 Å². The van der Waals surface area contributed by atoms with Gasteiger partial charge < -0.3 is 4.57 Å². The maximum absolute atomic E-state index is 12.4. The SMILES string of the molecule is CCn1c(C)cc(C(=O)CSc2cccc(Br)c2)c1C. The molecule has 0 atom stereocenters. The van der Waals surface area contributed by atoms with E-state index in [1.54, 1.807) is 11.8 Å². The summed E-state index contributed by atoms with van der Waals surface area (Å²) < 4.78 is 3.22. The van der Waals surface area contributed by atoms with E-state index < -0.39 is 0 Å². The number of aromatic nitrogens is 1. The first-order valence-corrected chi connectivity index (χ1v) is 8.39. The van der Waals surface area contributed by atoms with Gasteiger partial charge in [-0.3, -0.25) is 4.79 Å². The molecule has 2 nitrogen and oxygen atoms in total. The molecule has 0 fully saturated rings. The van der Waals surface area contributed by atoms with Crippen molar-refractivity contribution in [1.82, 2.24) is 4.57 Å². The topological polar surface area (TPSA) is 22.0 Å². The number of Topliss-reactive ketones (excluding diaryl/α,β-unsaturated/α-hetero) is 1. The summed E-state index contributed by atoms with van der Waals surface area (Å²) in [5.74, 6) is 0.674. The molecule has 20 heavy (non-hydrogen) atoms. The smallest absolute Gasteiger partial charge is 0.174 e. The number of rotatable bonds is 5. The molecule has 0 unspecified atom stereocenters. The van der Waals surface area contributed by atoms with E-state index >= 15 is 0 Å². The van der Waals surface area contributed by atoms with Gasteiger partial charge in [0.1, 0.15) is 0 Å². The van der Waals surface area contributed by atoms with Gasteiger partial charge in [-0.2, -0.15) is 0 Å². The molecule has 0 aliphatic heterocycles. The Hall–Kier alpha value is -1.00. The third-order valence-electron chi connectivity index (χ3n) is 3.36. The summed E-state index contributed by atoms with van der Waals surface area (Å²) in [7, 11) is 0. The third kappa shape index (κ3) is 3.36. The second-order valence-corrected chi connectivity index (χ2v) is 6.66. The van der Waals surface area contributed by atoms with Crippen LogP contribution in [0.2, 0.25) is 0 Å². The summed E-state index contributed by atoms with van der Waals surface area (Å²) in [6.07, 6.45) is 0. The van der Waals surface area contributed by atoms with Crippen LogP contribution in [0, 0.1) is 13.8 Å². The second-order valence-electron chi connectivity index (χ2n) is 4.70. The Morgan fingerprint density at radius 2 is 2.05 bits per heavy atom. The van der Waals surface area contributed by atoms with Crippen LogP contribution in [-0.2, 0) is 6.54 Å². The summed E-state index contributed by atoms with van der Waals surface area (Å²) >= 11 is 5.03. The van der Waals surface area contributed by atoms with Crippen molar-refractivity contribution in [3.8, 4) is 0 Å². The van der Waals surface area contributed by atoms with Crippen LogP contribution in [0.3, 0.4) is 0 Å². The molecule has 0 saturated carbocycles. The molecule has 0 saturated heterocycles. The minimum atomic E-state index is 0.197. The van der Waals surface area contributed by atoms with Crippen LogP contribution in [-0.4, -0.2) is 16.1 Å². The maximum Gasteiger partial charge on any atom is 0.174 e. The van der Waals surface area contributed by atoms with Crippen LogP contribution in [0.5, 0.6) is 0 Å². The molecule has 0 amide bonds. The quantitative estimate of drug-likeness (QED) is 0.566. The average molecular weight is 352 g/mol. The number of hydrogen-bond donors (Lipinski definition) is 0. The largest absolute Gasteiger partial charge is 0.349 e. The van der Waals surface area contributed by atoms with Gasteiger partial charge in [-0.1, -0.05) is 22.0 Å². The summed E-state index contributed by atoms with van der Waals surface area (Å²) in [4.78, 5) is 13.5. The minimum absolute atomic E-state index is 0.197. The van der Waals surface area contributed by atoms with Crippen molar-refractivity contribution in [3.05, 3.63) is 51.8 Å². The summed E-state index contributed by atoms with van der Waals surface area (Å²) in [5, 5.41) is 0. The number of thioether (sulfide) groups is 1. The van der Waals surface area contributed by atoms with E-state index in [1.165, 1.54) is 0 Å². The van der Waals surface area contributed by atoms with Crippen LogP contribution >= 0.6 is 27.7 Å². The van der Waals surface area contributed by atoms with Crippen molar-refractivity contribution in [3.63, 3.8) is 0 Å². The van der Waals surface area contributed by atoms with E-state index in [-0.39, 0.29) is 5.78 Å². The van der Waals surface area contributed by atoms with Crippen LogP contribution in [0.15, 0.2) is 39.7 Å². The predicted molar refractivity (Wildman–Crippen MR) is 88.8 cm³/mol. The monoisotopic (exact) mass is 351 g/mol. The first kappa shape index (κ1) is 15.4. The Morgan fingerprint density at radius 1 is 1.30 bits per heavy atom. The Labute approximate surface area is 132 Å². The molecule has 0 aliphatic carbocycles. The van der Waals surface area contributed by atoms with Crippen molar-refractivity contribution in [2.24, 2.45) is 0 Å². The highest BCUT2D eigenvalue weighted by Crippen LogP contribution is 2.24. The lowest BCUT2D eigenvalue weighted by atomic mass is 10.2. The molecule has 4 heteroatoms. The number of ketones is 1. The molecule has 0 aliphatic rings. The summed E-state index contributed by atoms with van der Waals surface area (Å²) in [5.41, 5.74) is 3.08. The Balaban J connectivity index is 2.09. The number of hydrogen-bond acceptors (Lipinski definition) is 2. The van der Waals surface area contributed by atoms with Gasteiger partial charge in [0.25, 0.3) is 0 Å². The molecule has 1 heterocycles. The Kier molecular flexibility index (Phi) is 5.11. The number of nitrogens with zero attached hydrogens (tertiary/aromatic N) is 1. The van der Waals surface area contributed by atoms with Crippen LogP contribution in [0.25, 0.3) is 0 Å². The summed E-state index contributed by atoms with van der Waals surface area (Å²) in [6.45, 7) is 7.08. The molecule has 0 radical (unpaired) electrons.